The Morgan fingerprint density at radius 3 is 2.69 bits per heavy atom. The monoisotopic (exact) mass is 458 g/mol. The van der Waals surface area contributed by atoms with Crippen LogP contribution in [-0.4, -0.2) is 40.6 Å². The molecule has 0 aliphatic carbocycles. The molecule has 1 aromatic heterocycles. The number of halogens is 1. The lowest BCUT2D eigenvalue weighted by atomic mass is 10.2. The lowest BCUT2D eigenvalue weighted by Gasteiger charge is -2.16. The minimum atomic E-state index is -0.458. The lowest BCUT2D eigenvalue weighted by Crippen LogP contribution is -2.31. The molecule has 3 rings (SSSR count). The Hall–Kier alpha value is -3.50. The molecule has 0 unspecified atom stereocenters. The number of amides is 3. The number of benzene rings is 2. The Bertz CT molecular complexity index is 1060. The molecule has 0 spiro atoms. The normalized spacial score (nSPS) is 10.5. The quantitative estimate of drug-likeness (QED) is 0.457. The summed E-state index contributed by atoms with van der Waals surface area (Å²) in [5.74, 6) is -0.0575. The predicted molar refractivity (Wildman–Crippen MR) is 119 cm³/mol. The fourth-order valence-corrected chi connectivity index (χ4v) is 3.38. The third kappa shape index (κ3) is 7.03. The largest absolute Gasteiger partial charge is 0.484 e. The van der Waals surface area contributed by atoms with Crippen molar-refractivity contribution in [2.75, 3.05) is 19.0 Å². The zero-order valence-corrected chi connectivity index (χ0v) is 18.2. The highest BCUT2D eigenvalue weighted by Gasteiger charge is 2.13. The average molecular weight is 459 g/mol. The Kier molecular flexibility index (Phi) is 8.12. The molecule has 32 heavy (non-hydrogen) atoms. The van der Waals surface area contributed by atoms with Gasteiger partial charge in [-0.25, -0.2) is 14.2 Å². The maximum absolute atomic E-state index is 13.2. The summed E-state index contributed by atoms with van der Waals surface area (Å²) in [6.07, 6.45) is 0. The van der Waals surface area contributed by atoms with Crippen LogP contribution in [-0.2, 0) is 24.5 Å². The van der Waals surface area contributed by atoms with Crippen LogP contribution in [0.1, 0.15) is 16.8 Å². The summed E-state index contributed by atoms with van der Waals surface area (Å²) in [7, 11) is 1.64. The summed E-state index contributed by atoms with van der Waals surface area (Å²) in [6, 6.07) is 12.3. The summed E-state index contributed by atoms with van der Waals surface area (Å²) >= 11 is 1.24. The number of urea groups is 1. The number of carbonyl (C=O) groups excluding carboxylic acids is 2. The Balaban J connectivity index is 1.42. The zero-order chi connectivity index (χ0) is 22.9. The van der Waals surface area contributed by atoms with Gasteiger partial charge >= 0.3 is 6.03 Å². The van der Waals surface area contributed by atoms with Crippen molar-refractivity contribution in [1.82, 2.24) is 15.2 Å². The van der Waals surface area contributed by atoms with Crippen molar-refractivity contribution >= 4 is 28.4 Å². The molecule has 2 aromatic carbocycles. The van der Waals surface area contributed by atoms with Crippen LogP contribution in [0.25, 0.3) is 0 Å². The third-order valence-electron chi connectivity index (χ3n) is 4.41. The second-order valence-corrected chi connectivity index (χ2v) is 7.78. The molecular weight excluding hydrogens is 435 g/mol. The van der Waals surface area contributed by atoms with Gasteiger partial charge in [-0.2, -0.15) is 0 Å². The standard InChI is InChI=1S/C22H23FN4O4S/c1-27(20(29)13-31-19-7-5-15(12-28)6-8-19)11-18-14-32-22(25-18)26-21(30)24-10-16-3-2-4-17(23)9-16/h2-9,14,28H,10-13H2,1H3,(H2,24,25,26,30). The summed E-state index contributed by atoms with van der Waals surface area (Å²) in [5.41, 5.74) is 2.03. The van der Waals surface area contributed by atoms with E-state index in [-0.39, 0.29) is 38.0 Å². The van der Waals surface area contributed by atoms with Crippen molar-refractivity contribution in [3.63, 3.8) is 0 Å². The van der Waals surface area contributed by atoms with E-state index in [1.165, 1.54) is 28.4 Å². The number of nitrogens with zero attached hydrogens (tertiary/aromatic N) is 2. The van der Waals surface area contributed by atoms with E-state index in [4.69, 9.17) is 9.84 Å². The number of aliphatic hydroxyl groups is 1. The maximum atomic E-state index is 13.2. The number of rotatable bonds is 9. The van der Waals surface area contributed by atoms with Crippen molar-refractivity contribution in [1.29, 1.82) is 0 Å². The van der Waals surface area contributed by atoms with Crippen LogP contribution in [0.2, 0.25) is 0 Å². The molecule has 0 aliphatic heterocycles. The van der Waals surface area contributed by atoms with Crippen molar-refractivity contribution < 1.29 is 23.8 Å². The van der Waals surface area contributed by atoms with Crippen LogP contribution in [0, 0.1) is 5.82 Å². The smallest absolute Gasteiger partial charge is 0.321 e. The van der Waals surface area contributed by atoms with Gasteiger partial charge in [0, 0.05) is 19.0 Å². The van der Waals surface area contributed by atoms with E-state index in [1.54, 1.807) is 48.8 Å². The van der Waals surface area contributed by atoms with E-state index in [9.17, 15) is 14.0 Å². The Morgan fingerprint density at radius 2 is 1.97 bits per heavy atom. The number of thiazole rings is 1. The number of aromatic nitrogens is 1. The van der Waals surface area contributed by atoms with Gasteiger partial charge in [0.05, 0.1) is 18.8 Å². The van der Waals surface area contributed by atoms with Gasteiger partial charge in [0.15, 0.2) is 11.7 Å². The molecule has 0 saturated heterocycles. The number of nitrogens with one attached hydrogen (secondary N) is 2. The van der Waals surface area contributed by atoms with E-state index in [2.05, 4.69) is 15.6 Å². The molecular formula is C22H23FN4O4S. The minimum Gasteiger partial charge on any atom is -0.484 e. The first-order chi connectivity index (χ1) is 15.4. The van der Waals surface area contributed by atoms with E-state index in [0.29, 0.717) is 22.1 Å². The molecule has 0 atom stereocenters. The van der Waals surface area contributed by atoms with Gasteiger partial charge < -0.3 is 20.1 Å². The molecule has 0 aliphatic rings. The number of hydrogen-bond acceptors (Lipinski definition) is 6. The van der Waals surface area contributed by atoms with Gasteiger partial charge in [0.25, 0.3) is 5.91 Å². The topological polar surface area (TPSA) is 104 Å². The number of hydrogen-bond donors (Lipinski definition) is 3. The van der Waals surface area contributed by atoms with Gasteiger partial charge in [0.1, 0.15) is 11.6 Å². The molecule has 0 radical (unpaired) electrons. The Morgan fingerprint density at radius 1 is 1.19 bits per heavy atom. The number of anilines is 1. The molecule has 10 heteroatoms. The van der Waals surface area contributed by atoms with E-state index in [1.807, 2.05) is 0 Å². The first-order valence-electron chi connectivity index (χ1n) is 9.73. The van der Waals surface area contributed by atoms with Crippen molar-refractivity contribution in [3.05, 3.63) is 76.5 Å². The van der Waals surface area contributed by atoms with Gasteiger partial charge in [-0.3, -0.25) is 10.1 Å². The molecule has 3 N–H and O–H groups in total. The van der Waals surface area contributed by atoms with Gasteiger partial charge in [-0.15, -0.1) is 11.3 Å². The van der Waals surface area contributed by atoms with Gasteiger partial charge in [-0.1, -0.05) is 24.3 Å². The van der Waals surface area contributed by atoms with Crippen molar-refractivity contribution in [2.24, 2.45) is 0 Å². The molecule has 168 valence electrons. The Labute approximate surface area is 188 Å². The molecule has 3 amide bonds. The first-order valence-corrected chi connectivity index (χ1v) is 10.6. The predicted octanol–water partition coefficient (Wildman–Crippen LogP) is 3.13. The SMILES string of the molecule is CN(Cc1csc(NC(=O)NCc2cccc(F)c2)n1)C(=O)COc1ccc(CO)cc1. The summed E-state index contributed by atoms with van der Waals surface area (Å²) < 4.78 is 18.7. The van der Waals surface area contributed by atoms with E-state index >= 15 is 0 Å². The summed E-state index contributed by atoms with van der Waals surface area (Å²) in [4.78, 5) is 30.1. The lowest BCUT2D eigenvalue weighted by molar-refractivity contribution is -0.132. The minimum absolute atomic E-state index is 0.0545. The van der Waals surface area contributed by atoms with Crippen molar-refractivity contribution in [2.45, 2.75) is 19.7 Å². The number of likely N-dealkylation sites (N-methyl/N-ethyl adjacent to an activating group) is 1. The second kappa shape index (κ2) is 11.2. The molecule has 0 fully saturated rings. The summed E-state index contributed by atoms with van der Waals surface area (Å²) in [6.45, 7) is 0.254. The zero-order valence-electron chi connectivity index (χ0n) is 17.4. The maximum Gasteiger partial charge on any atom is 0.321 e. The van der Waals surface area contributed by atoms with Crippen LogP contribution in [0.4, 0.5) is 14.3 Å². The highest BCUT2D eigenvalue weighted by atomic mass is 32.1. The van der Waals surface area contributed by atoms with Crippen LogP contribution >= 0.6 is 11.3 Å². The summed E-state index contributed by atoms with van der Waals surface area (Å²) in [5, 5.41) is 16.4. The fourth-order valence-electron chi connectivity index (χ4n) is 2.69. The van der Waals surface area contributed by atoms with Crippen LogP contribution in [0.15, 0.2) is 53.9 Å². The number of carbonyl (C=O) groups is 2. The first kappa shape index (κ1) is 23.2. The van der Waals surface area contributed by atoms with Crippen LogP contribution in [0.3, 0.4) is 0 Å². The molecule has 3 aromatic rings. The van der Waals surface area contributed by atoms with Crippen LogP contribution < -0.4 is 15.4 Å². The van der Waals surface area contributed by atoms with Gasteiger partial charge in [-0.05, 0) is 35.4 Å². The van der Waals surface area contributed by atoms with E-state index in [0.717, 1.165) is 5.56 Å². The van der Waals surface area contributed by atoms with Crippen LogP contribution in [0.5, 0.6) is 5.75 Å². The number of aliphatic hydroxyl groups excluding tert-OH is 1. The van der Waals surface area contributed by atoms with Gasteiger partial charge in [0.2, 0.25) is 0 Å². The van der Waals surface area contributed by atoms with E-state index < -0.39 is 6.03 Å². The highest BCUT2D eigenvalue weighted by molar-refractivity contribution is 7.13. The molecule has 0 bridgehead atoms. The second-order valence-electron chi connectivity index (χ2n) is 6.92. The van der Waals surface area contributed by atoms with Crippen molar-refractivity contribution in [3.8, 4) is 5.75 Å². The average Bonchev–Trinajstić information content (AvgIpc) is 3.22. The third-order valence-corrected chi connectivity index (χ3v) is 5.21. The highest BCUT2D eigenvalue weighted by Crippen LogP contribution is 2.17. The fraction of sp³-hybridized carbons (Fsp3) is 0.227. The molecule has 8 nitrogen and oxygen atoms in total. The number of ether oxygens (including phenoxy) is 1. The molecule has 1 heterocycles. The molecule has 0 saturated carbocycles.